The maximum Gasteiger partial charge on any atom is 0.242 e. The zero-order valence-corrected chi connectivity index (χ0v) is 22.0. The number of aromatic nitrogens is 2. The highest BCUT2D eigenvalue weighted by Crippen LogP contribution is 2.50. The molecule has 0 bridgehead atoms. The lowest BCUT2D eigenvalue weighted by molar-refractivity contribution is -0.134. The maximum atomic E-state index is 13.6. The molecule has 9 nitrogen and oxygen atoms in total. The summed E-state index contributed by atoms with van der Waals surface area (Å²) < 4.78 is 18.4. The van der Waals surface area contributed by atoms with E-state index in [9.17, 15) is 9.59 Å². The number of anilines is 1. The summed E-state index contributed by atoms with van der Waals surface area (Å²) in [6.07, 6.45) is 0. The first-order chi connectivity index (χ1) is 18.0. The van der Waals surface area contributed by atoms with E-state index < -0.39 is 0 Å². The second kappa shape index (κ2) is 10.9. The molecule has 1 saturated heterocycles. The minimum absolute atomic E-state index is 0.0535. The Morgan fingerprint density at radius 3 is 2.57 bits per heavy atom. The normalized spacial score (nSPS) is 17.8. The number of carbonyl (C=O) groups is 2. The average molecular weight is 523 g/mol. The summed E-state index contributed by atoms with van der Waals surface area (Å²) >= 11 is 1.50. The molecule has 194 valence electrons. The molecular weight excluding hydrogens is 492 g/mol. The summed E-state index contributed by atoms with van der Waals surface area (Å²) in [7, 11) is 5.08. The molecule has 10 heteroatoms. The van der Waals surface area contributed by atoms with Crippen LogP contribution in [0.4, 0.5) is 5.82 Å². The molecule has 0 spiro atoms. The van der Waals surface area contributed by atoms with Gasteiger partial charge in [-0.3, -0.25) is 19.2 Å². The van der Waals surface area contributed by atoms with Gasteiger partial charge in [0.05, 0.1) is 44.1 Å². The molecule has 0 radical (unpaired) electrons. The van der Waals surface area contributed by atoms with Crippen LogP contribution in [0, 0.1) is 0 Å². The third kappa shape index (κ3) is 4.91. The highest BCUT2D eigenvalue weighted by molar-refractivity contribution is 8.00. The number of methoxy groups -OCH3 is 2. The number of aryl methyl sites for hydroxylation is 1. The highest BCUT2D eigenvalue weighted by atomic mass is 32.2. The van der Waals surface area contributed by atoms with Crippen LogP contribution in [-0.4, -0.2) is 79.3 Å². The quantitative estimate of drug-likeness (QED) is 0.492. The van der Waals surface area contributed by atoms with E-state index in [1.165, 1.54) is 11.8 Å². The van der Waals surface area contributed by atoms with Gasteiger partial charge in [-0.2, -0.15) is 5.10 Å². The smallest absolute Gasteiger partial charge is 0.242 e. The number of fused-ring (bicyclic) bond motifs is 1. The molecule has 0 N–H and O–H groups in total. The fourth-order valence-corrected chi connectivity index (χ4v) is 6.05. The molecule has 3 aromatic rings. The fraction of sp³-hybridized carbons (Fsp3) is 0.370. The van der Waals surface area contributed by atoms with E-state index in [2.05, 4.69) is 0 Å². The van der Waals surface area contributed by atoms with Crippen LogP contribution >= 0.6 is 11.8 Å². The zero-order chi connectivity index (χ0) is 25.9. The van der Waals surface area contributed by atoms with Crippen LogP contribution < -0.4 is 14.4 Å². The molecule has 2 aliphatic rings. The van der Waals surface area contributed by atoms with Crippen molar-refractivity contribution in [1.82, 2.24) is 14.7 Å². The lowest BCUT2D eigenvalue weighted by Gasteiger charge is -2.30. The van der Waals surface area contributed by atoms with E-state index in [1.54, 1.807) is 28.7 Å². The van der Waals surface area contributed by atoms with Crippen molar-refractivity contribution in [2.45, 2.75) is 5.25 Å². The Bertz CT molecular complexity index is 1290. The Morgan fingerprint density at radius 1 is 1.11 bits per heavy atom. The first-order valence-corrected chi connectivity index (χ1v) is 13.2. The van der Waals surface area contributed by atoms with Gasteiger partial charge in [-0.1, -0.05) is 30.3 Å². The molecule has 1 fully saturated rings. The van der Waals surface area contributed by atoms with Crippen LogP contribution in [0.25, 0.3) is 11.3 Å². The Morgan fingerprint density at radius 2 is 1.86 bits per heavy atom. The highest BCUT2D eigenvalue weighted by Gasteiger charge is 2.38. The van der Waals surface area contributed by atoms with Gasteiger partial charge >= 0.3 is 0 Å². The molecule has 2 aromatic carbocycles. The second-order valence-corrected chi connectivity index (χ2v) is 9.94. The van der Waals surface area contributed by atoms with Gasteiger partial charge in [0.1, 0.15) is 23.9 Å². The number of hydrogen-bond donors (Lipinski definition) is 0. The topological polar surface area (TPSA) is 86.1 Å². The zero-order valence-electron chi connectivity index (χ0n) is 21.2. The van der Waals surface area contributed by atoms with Gasteiger partial charge in [-0.15, -0.1) is 11.8 Å². The van der Waals surface area contributed by atoms with Gasteiger partial charge in [0.25, 0.3) is 0 Å². The van der Waals surface area contributed by atoms with Crippen LogP contribution in [0.15, 0.2) is 48.5 Å². The van der Waals surface area contributed by atoms with Gasteiger partial charge in [-0.25, -0.2) is 0 Å². The summed E-state index contributed by atoms with van der Waals surface area (Å²) in [6, 6.07) is 15.6. The number of amides is 2. The maximum absolute atomic E-state index is 13.6. The predicted molar refractivity (Wildman–Crippen MR) is 142 cm³/mol. The van der Waals surface area contributed by atoms with E-state index in [0.29, 0.717) is 43.6 Å². The van der Waals surface area contributed by atoms with Gasteiger partial charge in [0.15, 0.2) is 0 Å². The summed E-state index contributed by atoms with van der Waals surface area (Å²) in [4.78, 5) is 30.2. The Labute approximate surface area is 220 Å². The van der Waals surface area contributed by atoms with Crippen LogP contribution in [0.1, 0.15) is 16.4 Å². The van der Waals surface area contributed by atoms with Crippen LogP contribution in [0.2, 0.25) is 0 Å². The molecule has 0 saturated carbocycles. The molecule has 5 rings (SSSR count). The van der Waals surface area contributed by atoms with Crippen LogP contribution in [-0.2, 0) is 21.4 Å². The number of ether oxygens (including phenoxy) is 3. The first-order valence-electron chi connectivity index (χ1n) is 12.1. The number of rotatable bonds is 6. The molecule has 3 heterocycles. The van der Waals surface area contributed by atoms with Gasteiger partial charge < -0.3 is 19.1 Å². The van der Waals surface area contributed by atoms with Crippen molar-refractivity contribution in [3.63, 3.8) is 0 Å². The molecule has 1 aromatic heterocycles. The molecule has 0 aliphatic carbocycles. The van der Waals surface area contributed by atoms with Gasteiger partial charge in [0.2, 0.25) is 11.8 Å². The van der Waals surface area contributed by atoms with Crippen LogP contribution in [0.3, 0.4) is 0 Å². The average Bonchev–Trinajstić information content (AvgIpc) is 3.21. The number of thioether (sulfide) groups is 1. The minimum atomic E-state index is -0.281. The monoisotopic (exact) mass is 522 g/mol. The van der Waals surface area contributed by atoms with Gasteiger partial charge in [0, 0.05) is 36.8 Å². The number of benzene rings is 2. The molecular formula is C27H30N4O5S. The first kappa shape index (κ1) is 25.2. The summed E-state index contributed by atoms with van der Waals surface area (Å²) in [5, 5.41) is 4.59. The van der Waals surface area contributed by atoms with Crippen molar-refractivity contribution in [2.24, 2.45) is 7.05 Å². The largest absolute Gasteiger partial charge is 0.497 e. The summed E-state index contributed by atoms with van der Waals surface area (Å²) in [5.41, 5.74) is 3.44. The second-order valence-electron chi connectivity index (χ2n) is 8.85. The third-order valence-corrected chi connectivity index (χ3v) is 7.91. The lowest BCUT2D eigenvalue weighted by Crippen LogP contribution is -2.48. The molecule has 37 heavy (non-hydrogen) atoms. The Kier molecular flexibility index (Phi) is 7.38. The Balaban J connectivity index is 1.66. The SMILES string of the molecule is COc1ccc(OC)c([C@@H]2SCC(=O)N(CC(=O)N3CCOCC3)c3c2c(-c2ccccc2)nn3C)c1. The minimum Gasteiger partial charge on any atom is -0.497 e. The number of morpholine rings is 1. The van der Waals surface area contributed by atoms with Crippen molar-refractivity contribution in [2.75, 3.05) is 57.7 Å². The van der Waals surface area contributed by atoms with Crippen molar-refractivity contribution >= 4 is 29.4 Å². The van der Waals surface area contributed by atoms with E-state index in [4.69, 9.17) is 19.3 Å². The van der Waals surface area contributed by atoms with E-state index in [1.807, 2.05) is 55.6 Å². The van der Waals surface area contributed by atoms with E-state index >= 15 is 0 Å². The fourth-order valence-electron chi connectivity index (χ4n) is 4.84. The van der Waals surface area contributed by atoms with E-state index in [-0.39, 0.29) is 29.4 Å². The summed E-state index contributed by atoms with van der Waals surface area (Å²) in [5.74, 6) is 1.96. The number of nitrogens with zero attached hydrogens (tertiary/aromatic N) is 4. The molecule has 1 atom stereocenters. The van der Waals surface area contributed by atoms with Gasteiger partial charge in [-0.05, 0) is 18.2 Å². The van der Waals surface area contributed by atoms with Crippen molar-refractivity contribution < 1.29 is 23.8 Å². The molecule has 2 aliphatic heterocycles. The van der Waals surface area contributed by atoms with Crippen LogP contribution in [0.5, 0.6) is 11.5 Å². The standard InChI is InChI=1S/C27H30N4O5S/c1-29-27-24(25(28-29)18-7-5-4-6-8-18)26(20-15-19(34-2)9-10-21(20)35-3)37-17-23(33)31(27)16-22(32)30-11-13-36-14-12-30/h4-10,15,26H,11-14,16-17H2,1-3H3/t26-/m0/s1. The number of hydrogen-bond acceptors (Lipinski definition) is 7. The third-order valence-electron chi connectivity index (χ3n) is 6.67. The number of carbonyl (C=O) groups excluding carboxylic acids is 2. The lowest BCUT2D eigenvalue weighted by atomic mass is 9.98. The van der Waals surface area contributed by atoms with E-state index in [0.717, 1.165) is 22.4 Å². The molecule has 2 amide bonds. The molecule has 0 unspecified atom stereocenters. The Hall–Kier alpha value is -3.50. The summed E-state index contributed by atoms with van der Waals surface area (Å²) in [6.45, 7) is 1.99. The predicted octanol–water partition coefficient (Wildman–Crippen LogP) is 3.13. The van der Waals surface area contributed by atoms with Crippen molar-refractivity contribution in [3.05, 3.63) is 59.7 Å². The van der Waals surface area contributed by atoms with Crippen molar-refractivity contribution in [3.8, 4) is 22.8 Å². The van der Waals surface area contributed by atoms with Crippen molar-refractivity contribution in [1.29, 1.82) is 0 Å².